The molecule has 28 heavy (non-hydrogen) atoms. The van der Waals surface area contributed by atoms with Crippen molar-refractivity contribution < 1.29 is 23.1 Å². The molecule has 4 rings (SSSR count). The van der Waals surface area contributed by atoms with Crippen LogP contribution in [-0.2, 0) is 22.9 Å². The number of hydrogen-bond donors (Lipinski definition) is 1. The van der Waals surface area contributed by atoms with Gasteiger partial charge in [0.2, 0.25) is 5.88 Å². The maximum Gasteiger partial charge on any atom is 0.337 e. The number of carbonyl (C=O) groups is 1. The van der Waals surface area contributed by atoms with Gasteiger partial charge in [-0.3, -0.25) is 0 Å². The summed E-state index contributed by atoms with van der Waals surface area (Å²) in [5, 5.41) is 8.34. The lowest BCUT2D eigenvalue weighted by Crippen LogP contribution is -2.18. The smallest absolute Gasteiger partial charge is 0.337 e. The molecule has 1 aromatic heterocycles. The molecule has 2 heterocycles. The number of rotatable bonds is 3. The molecule has 6 nitrogen and oxygen atoms in total. The molecule has 142 valence electrons. The Labute approximate surface area is 162 Å². The van der Waals surface area contributed by atoms with Gasteiger partial charge in [0, 0.05) is 11.8 Å². The van der Waals surface area contributed by atoms with Gasteiger partial charge in [-0.05, 0) is 35.7 Å². The van der Waals surface area contributed by atoms with Crippen molar-refractivity contribution in [1.29, 1.82) is 0 Å². The van der Waals surface area contributed by atoms with Crippen LogP contribution >= 0.6 is 0 Å². The maximum atomic E-state index is 13.5. The molecular weight excluding hydrogens is 378 g/mol. The van der Waals surface area contributed by atoms with E-state index in [1.807, 2.05) is 30.3 Å². The highest BCUT2D eigenvalue weighted by atomic mass is 32.2. The number of ether oxygens (including phenoxy) is 1. The highest BCUT2D eigenvalue weighted by Crippen LogP contribution is 2.38. The minimum Gasteiger partial charge on any atom is -0.478 e. The lowest BCUT2D eigenvalue weighted by atomic mass is 10.0. The topological polar surface area (TPSA) is 93.6 Å². The Morgan fingerprint density at radius 3 is 2.64 bits per heavy atom. The van der Waals surface area contributed by atoms with Crippen LogP contribution in [0.1, 0.15) is 32.3 Å². The fraction of sp³-hybridized carbons (Fsp3) is 0.143. The number of nitrogens with zero attached hydrogens (tertiary/aromatic N) is 1. The largest absolute Gasteiger partial charge is 0.478 e. The third kappa shape index (κ3) is 3.36. The third-order valence-electron chi connectivity index (χ3n) is 4.71. The van der Waals surface area contributed by atoms with Gasteiger partial charge in [0.05, 0.1) is 10.5 Å². The maximum absolute atomic E-state index is 13.5. The number of hydrogen-bond acceptors (Lipinski definition) is 5. The van der Waals surface area contributed by atoms with Crippen LogP contribution in [-0.4, -0.2) is 24.5 Å². The fourth-order valence-electron chi connectivity index (χ4n) is 3.28. The molecule has 7 heteroatoms. The summed E-state index contributed by atoms with van der Waals surface area (Å²) < 4.78 is 32.8. The molecule has 0 spiro atoms. The van der Waals surface area contributed by atoms with Crippen LogP contribution in [0.2, 0.25) is 0 Å². The van der Waals surface area contributed by atoms with Gasteiger partial charge in [-0.25, -0.2) is 18.2 Å². The van der Waals surface area contributed by atoms with Crippen molar-refractivity contribution in [2.45, 2.75) is 23.2 Å². The summed E-state index contributed by atoms with van der Waals surface area (Å²) in [4.78, 5) is 15.8. The molecule has 0 saturated carbocycles. The Bertz CT molecular complexity index is 1140. The van der Waals surface area contributed by atoms with E-state index in [-0.39, 0.29) is 34.9 Å². The van der Waals surface area contributed by atoms with Crippen LogP contribution < -0.4 is 4.74 Å². The first-order valence-electron chi connectivity index (χ1n) is 8.68. The van der Waals surface area contributed by atoms with Gasteiger partial charge < -0.3 is 9.84 Å². The van der Waals surface area contributed by atoms with Gasteiger partial charge in [0.25, 0.3) is 0 Å². The Hall–Kier alpha value is -3.19. The average molecular weight is 395 g/mol. The van der Waals surface area contributed by atoms with Gasteiger partial charge in [0.15, 0.2) is 9.84 Å². The van der Waals surface area contributed by atoms with Crippen molar-refractivity contribution >= 4 is 15.8 Å². The summed E-state index contributed by atoms with van der Waals surface area (Å²) in [5.41, 5.74) is 1.70. The third-order valence-corrected chi connectivity index (χ3v) is 6.79. The van der Waals surface area contributed by atoms with Crippen molar-refractivity contribution in [3.05, 3.63) is 89.1 Å². The van der Waals surface area contributed by atoms with Crippen LogP contribution in [0.3, 0.4) is 0 Å². The van der Waals surface area contributed by atoms with Crippen molar-refractivity contribution in [2.75, 3.05) is 0 Å². The van der Waals surface area contributed by atoms with Crippen LogP contribution in [0.5, 0.6) is 5.88 Å². The zero-order valence-electron chi connectivity index (χ0n) is 14.8. The van der Waals surface area contributed by atoms with Crippen molar-refractivity contribution in [3.63, 3.8) is 0 Å². The lowest BCUT2D eigenvalue weighted by molar-refractivity contribution is 0.0696. The number of benzene rings is 2. The Morgan fingerprint density at radius 2 is 1.89 bits per heavy atom. The minimum absolute atomic E-state index is 0.0819. The molecule has 1 N–H and O–H groups in total. The second-order valence-corrected chi connectivity index (χ2v) is 8.71. The first-order valence-corrected chi connectivity index (χ1v) is 10.2. The highest BCUT2D eigenvalue weighted by Gasteiger charge is 2.34. The number of carboxylic acids is 1. The molecule has 1 aliphatic heterocycles. The van der Waals surface area contributed by atoms with E-state index in [1.54, 1.807) is 24.3 Å². The number of aromatic nitrogens is 1. The van der Waals surface area contributed by atoms with Crippen molar-refractivity contribution in [3.8, 4) is 5.88 Å². The molecule has 0 radical (unpaired) electrons. The second kappa shape index (κ2) is 7.09. The average Bonchev–Trinajstić information content (AvgIpc) is 2.73. The van der Waals surface area contributed by atoms with E-state index in [4.69, 9.17) is 4.74 Å². The zero-order chi connectivity index (χ0) is 19.7. The van der Waals surface area contributed by atoms with Gasteiger partial charge in [-0.1, -0.05) is 42.5 Å². The molecule has 0 amide bonds. The SMILES string of the molecule is O=C(O)c1cnc2c(c1)C(Cc1ccccc1)S(=O)(=O)c1cccc(c1)CO2. The monoisotopic (exact) mass is 395 g/mol. The standard InChI is InChI=1S/C21H17NO5S/c23-21(24)16-11-18-19(10-14-5-2-1-3-6-14)28(25,26)17-8-4-7-15(9-17)13-27-20(18)22-12-16/h1-9,11-12,19H,10,13H2,(H,23,24). The molecule has 3 aromatic rings. The summed E-state index contributed by atoms with van der Waals surface area (Å²) in [6.07, 6.45) is 1.36. The molecule has 0 aliphatic carbocycles. The van der Waals surface area contributed by atoms with E-state index in [0.717, 1.165) is 5.56 Å². The van der Waals surface area contributed by atoms with E-state index in [2.05, 4.69) is 4.98 Å². The summed E-state index contributed by atoms with van der Waals surface area (Å²) >= 11 is 0. The zero-order valence-corrected chi connectivity index (χ0v) is 15.6. The molecule has 2 aromatic carbocycles. The van der Waals surface area contributed by atoms with E-state index in [9.17, 15) is 18.3 Å². The molecule has 0 fully saturated rings. The van der Waals surface area contributed by atoms with E-state index >= 15 is 0 Å². The van der Waals surface area contributed by atoms with Crippen LogP contribution in [0.4, 0.5) is 0 Å². The fourth-order valence-corrected chi connectivity index (χ4v) is 5.11. The van der Waals surface area contributed by atoms with Crippen LogP contribution in [0.15, 0.2) is 71.8 Å². The first-order chi connectivity index (χ1) is 13.4. The van der Waals surface area contributed by atoms with E-state index < -0.39 is 21.1 Å². The molecule has 2 bridgehead atoms. The summed E-state index contributed by atoms with van der Waals surface area (Å²) in [6.45, 7) is 0.147. The Morgan fingerprint density at radius 1 is 1.11 bits per heavy atom. The van der Waals surface area contributed by atoms with Crippen molar-refractivity contribution in [2.24, 2.45) is 0 Å². The van der Waals surface area contributed by atoms with Crippen LogP contribution in [0, 0.1) is 0 Å². The van der Waals surface area contributed by atoms with Crippen LogP contribution in [0.25, 0.3) is 0 Å². The molecular formula is C21H17NO5S. The van der Waals surface area contributed by atoms with Gasteiger partial charge in [-0.2, -0.15) is 0 Å². The van der Waals surface area contributed by atoms with Crippen molar-refractivity contribution in [1.82, 2.24) is 4.98 Å². The predicted octanol–water partition coefficient (Wildman–Crippen LogP) is 3.43. The first kappa shape index (κ1) is 18.2. The highest BCUT2D eigenvalue weighted by molar-refractivity contribution is 7.91. The van der Waals surface area contributed by atoms with Gasteiger partial charge in [-0.15, -0.1) is 0 Å². The number of aromatic carboxylic acids is 1. The number of carboxylic acid groups (broad SMARTS) is 1. The summed E-state index contributed by atoms with van der Waals surface area (Å²) in [5.74, 6) is -1.04. The van der Waals surface area contributed by atoms with Gasteiger partial charge in [0.1, 0.15) is 11.9 Å². The normalized spacial score (nSPS) is 17.4. The second-order valence-electron chi connectivity index (χ2n) is 6.58. The Balaban J connectivity index is 1.95. The number of fused-ring (bicyclic) bond motifs is 3. The lowest BCUT2D eigenvalue weighted by Gasteiger charge is -2.20. The number of sulfone groups is 1. The molecule has 1 atom stereocenters. The summed E-state index contributed by atoms with van der Waals surface area (Å²) in [6, 6.07) is 17.2. The quantitative estimate of drug-likeness (QED) is 0.730. The predicted molar refractivity (Wildman–Crippen MR) is 102 cm³/mol. The van der Waals surface area contributed by atoms with E-state index in [1.165, 1.54) is 12.3 Å². The molecule has 1 aliphatic rings. The Kier molecular flexibility index (Phi) is 4.60. The molecule has 1 unspecified atom stereocenters. The summed E-state index contributed by atoms with van der Waals surface area (Å²) in [7, 11) is -3.81. The van der Waals surface area contributed by atoms with Gasteiger partial charge >= 0.3 is 5.97 Å². The molecule has 0 saturated heterocycles. The number of pyridine rings is 1. The van der Waals surface area contributed by atoms with E-state index in [0.29, 0.717) is 5.56 Å². The minimum atomic E-state index is -3.81.